The molecule has 0 bridgehead atoms. The van der Waals surface area contributed by atoms with E-state index in [1.165, 1.54) is 10.8 Å². The summed E-state index contributed by atoms with van der Waals surface area (Å²) >= 11 is 0. The molecule has 0 saturated carbocycles. The average molecular weight is 181 g/mol. The van der Waals surface area contributed by atoms with Crippen molar-refractivity contribution in [2.75, 3.05) is 5.73 Å². The molecule has 1 aromatic rings. The molecule has 4 heteroatoms. The molecule has 13 heavy (non-hydrogen) atoms. The number of nitrogens with two attached hydrogens (primary N) is 1. The number of aryl methyl sites for hydroxylation is 1. The molecule has 72 valence electrons. The molecule has 0 amide bonds. The van der Waals surface area contributed by atoms with Crippen molar-refractivity contribution < 1.29 is 0 Å². The lowest BCUT2D eigenvalue weighted by atomic mass is 10.1. The topological polar surface area (TPSA) is 60.9 Å². The highest BCUT2D eigenvalue weighted by Crippen LogP contribution is 2.13. The molecule has 1 heterocycles. The fourth-order valence-electron chi connectivity index (χ4n) is 1.20. The van der Waals surface area contributed by atoms with Crippen molar-refractivity contribution in [1.82, 2.24) is 9.55 Å². The van der Waals surface area contributed by atoms with Crippen LogP contribution in [0.4, 0.5) is 5.95 Å². The number of anilines is 1. The number of rotatable bonds is 0. The second-order valence-corrected chi connectivity index (χ2v) is 4.11. The van der Waals surface area contributed by atoms with Crippen LogP contribution in [0, 0.1) is 6.92 Å². The second-order valence-electron chi connectivity index (χ2n) is 4.11. The number of aromatic nitrogens is 2. The summed E-state index contributed by atoms with van der Waals surface area (Å²) in [6, 6.07) is 0. The molecule has 1 aromatic heterocycles. The summed E-state index contributed by atoms with van der Waals surface area (Å²) in [6.07, 6.45) is 1.50. The Hall–Kier alpha value is -1.32. The predicted molar refractivity (Wildman–Crippen MR) is 52.6 cm³/mol. The molecule has 0 aliphatic heterocycles. The van der Waals surface area contributed by atoms with Gasteiger partial charge in [0.2, 0.25) is 5.95 Å². The smallest absolute Gasteiger partial charge is 0.258 e. The van der Waals surface area contributed by atoms with Crippen LogP contribution in [0.5, 0.6) is 0 Å². The lowest BCUT2D eigenvalue weighted by molar-refractivity contribution is 0.385. The summed E-state index contributed by atoms with van der Waals surface area (Å²) in [4.78, 5) is 15.6. The zero-order valence-electron chi connectivity index (χ0n) is 8.46. The van der Waals surface area contributed by atoms with Gasteiger partial charge in [0.1, 0.15) is 0 Å². The standard InChI is InChI=1S/C9H15N3O/c1-6-5-11-8(10)12(7(6)13)9(2,3)4/h5H,1-4H3,(H2,10,11). The van der Waals surface area contributed by atoms with Gasteiger partial charge in [0.15, 0.2) is 0 Å². The van der Waals surface area contributed by atoms with E-state index in [9.17, 15) is 4.79 Å². The van der Waals surface area contributed by atoms with Gasteiger partial charge in [-0.1, -0.05) is 0 Å². The van der Waals surface area contributed by atoms with Gasteiger partial charge in [0.25, 0.3) is 5.56 Å². The Bertz CT molecular complexity index is 373. The maximum absolute atomic E-state index is 11.7. The summed E-state index contributed by atoms with van der Waals surface area (Å²) in [6.45, 7) is 7.50. The van der Waals surface area contributed by atoms with Crippen LogP contribution in [0.25, 0.3) is 0 Å². The van der Waals surface area contributed by atoms with Crippen molar-refractivity contribution in [3.63, 3.8) is 0 Å². The summed E-state index contributed by atoms with van der Waals surface area (Å²) in [7, 11) is 0. The van der Waals surface area contributed by atoms with Crippen molar-refractivity contribution in [2.24, 2.45) is 0 Å². The molecule has 0 atom stereocenters. The Labute approximate surface area is 77.4 Å². The van der Waals surface area contributed by atoms with Crippen LogP contribution in [0.3, 0.4) is 0 Å². The van der Waals surface area contributed by atoms with Crippen molar-refractivity contribution in [2.45, 2.75) is 33.2 Å². The van der Waals surface area contributed by atoms with Gasteiger partial charge >= 0.3 is 0 Å². The minimum Gasteiger partial charge on any atom is -0.369 e. The van der Waals surface area contributed by atoms with Crippen LogP contribution in [0.15, 0.2) is 11.0 Å². The first-order chi connectivity index (χ1) is 5.84. The number of nitrogens with zero attached hydrogens (tertiary/aromatic N) is 2. The molecular weight excluding hydrogens is 166 g/mol. The van der Waals surface area contributed by atoms with Gasteiger partial charge in [-0.25, -0.2) is 4.98 Å². The fourth-order valence-corrected chi connectivity index (χ4v) is 1.20. The van der Waals surface area contributed by atoms with Crippen LogP contribution in [-0.2, 0) is 5.54 Å². The summed E-state index contributed by atoms with van der Waals surface area (Å²) in [5, 5.41) is 0. The highest BCUT2D eigenvalue weighted by Gasteiger charge is 2.18. The van der Waals surface area contributed by atoms with Crippen LogP contribution in [-0.4, -0.2) is 9.55 Å². The third kappa shape index (κ3) is 1.71. The first-order valence-corrected chi connectivity index (χ1v) is 4.18. The molecule has 0 spiro atoms. The van der Waals surface area contributed by atoms with Gasteiger partial charge in [0.05, 0.1) is 0 Å². The maximum Gasteiger partial charge on any atom is 0.258 e. The van der Waals surface area contributed by atoms with E-state index < -0.39 is 0 Å². The maximum atomic E-state index is 11.7. The van der Waals surface area contributed by atoms with Gasteiger partial charge in [-0.2, -0.15) is 0 Å². The van der Waals surface area contributed by atoms with E-state index >= 15 is 0 Å². The Morgan fingerprint density at radius 3 is 2.38 bits per heavy atom. The van der Waals surface area contributed by atoms with Crippen molar-refractivity contribution in [1.29, 1.82) is 0 Å². The lowest BCUT2D eigenvalue weighted by Crippen LogP contribution is -2.37. The molecule has 2 N–H and O–H groups in total. The lowest BCUT2D eigenvalue weighted by Gasteiger charge is -2.23. The minimum absolute atomic E-state index is 0.0694. The Morgan fingerprint density at radius 1 is 1.46 bits per heavy atom. The van der Waals surface area contributed by atoms with E-state index in [1.54, 1.807) is 6.92 Å². The number of nitrogen functional groups attached to an aromatic ring is 1. The van der Waals surface area contributed by atoms with E-state index in [0.29, 0.717) is 5.56 Å². The second kappa shape index (κ2) is 2.87. The Balaban J connectivity index is 3.53. The number of hydrogen-bond acceptors (Lipinski definition) is 3. The fraction of sp³-hybridized carbons (Fsp3) is 0.556. The van der Waals surface area contributed by atoms with Crippen molar-refractivity contribution in [3.8, 4) is 0 Å². The molecule has 0 saturated heterocycles. The van der Waals surface area contributed by atoms with E-state index in [2.05, 4.69) is 4.98 Å². The highest BCUT2D eigenvalue weighted by atomic mass is 16.1. The average Bonchev–Trinajstić information content (AvgIpc) is 1.95. The number of hydrogen-bond donors (Lipinski definition) is 1. The van der Waals surface area contributed by atoms with Gasteiger partial charge in [-0.05, 0) is 27.7 Å². The molecule has 4 nitrogen and oxygen atoms in total. The molecule has 0 aliphatic rings. The van der Waals surface area contributed by atoms with E-state index in [1.807, 2.05) is 20.8 Å². The van der Waals surface area contributed by atoms with Crippen LogP contribution < -0.4 is 11.3 Å². The van der Waals surface area contributed by atoms with Crippen molar-refractivity contribution >= 4 is 5.95 Å². The Kier molecular flexibility index (Phi) is 2.15. The van der Waals surface area contributed by atoms with Crippen LogP contribution >= 0.6 is 0 Å². The molecule has 0 fully saturated rings. The summed E-state index contributed by atoms with van der Waals surface area (Å²) in [5.41, 5.74) is 5.85. The van der Waals surface area contributed by atoms with E-state index in [-0.39, 0.29) is 17.0 Å². The third-order valence-corrected chi connectivity index (χ3v) is 1.83. The van der Waals surface area contributed by atoms with Gasteiger partial charge in [0, 0.05) is 17.3 Å². The summed E-state index contributed by atoms with van der Waals surface area (Å²) in [5.74, 6) is 0.267. The molecule has 0 aliphatic carbocycles. The first-order valence-electron chi connectivity index (χ1n) is 4.18. The van der Waals surface area contributed by atoms with E-state index in [0.717, 1.165) is 0 Å². The quantitative estimate of drug-likeness (QED) is 0.646. The van der Waals surface area contributed by atoms with Crippen LogP contribution in [0.2, 0.25) is 0 Å². The first kappa shape index (κ1) is 9.77. The van der Waals surface area contributed by atoms with Crippen LogP contribution in [0.1, 0.15) is 26.3 Å². The molecular formula is C9H15N3O. The largest absolute Gasteiger partial charge is 0.369 e. The zero-order valence-corrected chi connectivity index (χ0v) is 8.46. The predicted octanol–water partition coefficient (Wildman–Crippen LogP) is 0.889. The molecule has 1 rings (SSSR count). The normalized spacial score (nSPS) is 11.7. The Morgan fingerprint density at radius 2 is 2.00 bits per heavy atom. The van der Waals surface area contributed by atoms with Gasteiger partial charge < -0.3 is 5.73 Å². The van der Waals surface area contributed by atoms with Crippen molar-refractivity contribution in [3.05, 3.63) is 22.1 Å². The monoisotopic (exact) mass is 181 g/mol. The SMILES string of the molecule is Cc1cnc(N)n(C(C)(C)C)c1=O. The third-order valence-electron chi connectivity index (χ3n) is 1.83. The molecule has 0 aromatic carbocycles. The minimum atomic E-state index is -0.319. The van der Waals surface area contributed by atoms with Gasteiger partial charge in [-0.15, -0.1) is 0 Å². The van der Waals surface area contributed by atoms with E-state index in [4.69, 9.17) is 5.73 Å². The zero-order chi connectivity index (χ0) is 10.2. The molecule has 0 radical (unpaired) electrons. The summed E-state index contributed by atoms with van der Waals surface area (Å²) < 4.78 is 1.50. The van der Waals surface area contributed by atoms with Gasteiger partial charge in [-0.3, -0.25) is 9.36 Å². The highest BCUT2D eigenvalue weighted by molar-refractivity contribution is 5.22. The molecule has 0 unspecified atom stereocenters.